The van der Waals surface area contributed by atoms with Crippen LogP contribution in [-0.2, 0) is 11.8 Å². The number of hydrogen-bond acceptors (Lipinski definition) is 2. The summed E-state index contributed by atoms with van der Waals surface area (Å²) in [6.07, 6.45) is 9.39. The molecule has 1 aliphatic carbocycles. The normalized spacial score (nSPS) is 23.0. The lowest BCUT2D eigenvalue weighted by atomic mass is 9.61. The van der Waals surface area contributed by atoms with Crippen LogP contribution in [0.15, 0.2) is 48.5 Å². The molecule has 4 N–H and O–H groups in total. The first-order chi connectivity index (χ1) is 17.0. The van der Waals surface area contributed by atoms with Gasteiger partial charge in [-0.1, -0.05) is 56.2 Å². The second-order valence-corrected chi connectivity index (χ2v) is 11.0. The highest BCUT2D eigenvalue weighted by molar-refractivity contribution is 5.87. The summed E-state index contributed by atoms with van der Waals surface area (Å²) in [5.74, 6) is 0. The molecule has 1 fully saturated rings. The molecular weight excluding hydrogens is 428 g/mol. The molecular formula is C31H42N4. The second-order valence-electron chi connectivity index (χ2n) is 11.0. The molecule has 4 nitrogen and oxygen atoms in total. The highest BCUT2D eigenvalue weighted by Crippen LogP contribution is 2.52. The lowest BCUT2D eigenvalue weighted by Crippen LogP contribution is -2.51. The van der Waals surface area contributed by atoms with E-state index in [0.717, 1.165) is 19.3 Å². The number of fused-ring (bicyclic) bond motifs is 2. The zero-order valence-electron chi connectivity index (χ0n) is 22.0. The molecule has 0 bridgehead atoms. The molecule has 1 aliphatic rings. The average molecular weight is 471 g/mol. The maximum Gasteiger partial charge on any atom is 0.0511 e. The first-order valence-electron chi connectivity index (χ1n) is 13.5. The first kappa shape index (κ1) is 24.1. The number of benzene rings is 2. The molecule has 4 aromatic rings. The van der Waals surface area contributed by atoms with Crippen LogP contribution in [0.5, 0.6) is 0 Å². The van der Waals surface area contributed by atoms with Crippen LogP contribution in [0.3, 0.4) is 0 Å². The van der Waals surface area contributed by atoms with Crippen LogP contribution in [0.25, 0.3) is 21.8 Å². The van der Waals surface area contributed by atoms with E-state index in [0.29, 0.717) is 6.54 Å². The van der Waals surface area contributed by atoms with Crippen LogP contribution in [0.4, 0.5) is 0 Å². The van der Waals surface area contributed by atoms with Crippen molar-refractivity contribution >= 4 is 21.8 Å². The predicted octanol–water partition coefficient (Wildman–Crippen LogP) is 6.81. The summed E-state index contributed by atoms with van der Waals surface area (Å²) >= 11 is 0. The topological polar surface area (TPSA) is 60.8 Å². The Balaban J connectivity index is 1.71. The van der Waals surface area contributed by atoms with Crippen LogP contribution in [0.1, 0.15) is 74.4 Å². The lowest BCUT2D eigenvalue weighted by Gasteiger charge is -2.50. The van der Waals surface area contributed by atoms with E-state index < -0.39 is 0 Å². The van der Waals surface area contributed by atoms with Gasteiger partial charge in [0.25, 0.3) is 0 Å². The molecule has 0 aliphatic heterocycles. The van der Waals surface area contributed by atoms with E-state index in [9.17, 15) is 0 Å². The molecule has 2 heterocycles. The summed E-state index contributed by atoms with van der Waals surface area (Å²) in [5.41, 5.74) is 14.5. The summed E-state index contributed by atoms with van der Waals surface area (Å²) in [5, 5.41) is 2.67. The Morgan fingerprint density at radius 3 is 2.06 bits per heavy atom. The van der Waals surface area contributed by atoms with Gasteiger partial charge in [0.1, 0.15) is 0 Å². The number of para-hydroxylation sites is 2. The van der Waals surface area contributed by atoms with E-state index in [2.05, 4.69) is 91.3 Å². The van der Waals surface area contributed by atoms with Crippen molar-refractivity contribution in [1.29, 1.82) is 0 Å². The van der Waals surface area contributed by atoms with Crippen molar-refractivity contribution < 1.29 is 0 Å². The molecule has 0 unspecified atom stereocenters. The molecule has 0 saturated heterocycles. The summed E-state index contributed by atoms with van der Waals surface area (Å²) < 4.78 is 0. The Bertz CT molecular complexity index is 1300. The number of rotatable bonds is 8. The van der Waals surface area contributed by atoms with Crippen LogP contribution >= 0.6 is 0 Å². The van der Waals surface area contributed by atoms with Gasteiger partial charge in [0, 0.05) is 38.7 Å². The lowest BCUT2D eigenvalue weighted by molar-refractivity contribution is 0.0643. The molecule has 0 atom stereocenters. The van der Waals surface area contributed by atoms with Gasteiger partial charge in [0.15, 0.2) is 0 Å². The van der Waals surface area contributed by atoms with Crippen molar-refractivity contribution in [2.24, 2.45) is 5.73 Å². The van der Waals surface area contributed by atoms with Gasteiger partial charge in [-0.15, -0.1) is 0 Å². The van der Waals surface area contributed by atoms with Crippen molar-refractivity contribution in [3.63, 3.8) is 0 Å². The maximum atomic E-state index is 6.19. The fraction of sp³-hybridized carbons (Fsp3) is 0.484. The number of nitrogens with two attached hydrogens (primary N) is 1. The quantitative estimate of drug-likeness (QED) is 0.265. The number of nitrogens with zero attached hydrogens (tertiary/aromatic N) is 1. The summed E-state index contributed by atoms with van der Waals surface area (Å²) in [4.78, 5) is 10.4. The van der Waals surface area contributed by atoms with E-state index in [1.54, 1.807) is 0 Å². The monoisotopic (exact) mass is 470 g/mol. The van der Waals surface area contributed by atoms with E-state index in [1.807, 2.05) is 0 Å². The number of aromatic nitrogens is 2. The van der Waals surface area contributed by atoms with Gasteiger partial charge in [0.2, 0.25) is 0 Å². The molecule has 5 rings (SSSR count). The van der Waals surface area contributed by atoms with Gasteiger partial charge in [-0.2, -0.15) is 0 Å². The molecule has 0 amide bonds. The zero-order valence-corrected chi connectivity index (χ0v) is 22.0. The third kappa shape index (κ3) is 3.91. The van der Waals surface area contributed by atoms with Gasteiger partial charge in [0.05, 0.1) is 5.41 Å². The zero-order chi connectivity index (χ0) is 24.6. The third-order valence-corrected chi connectivity index (χ3v) is 9.11. The van der Waals surface area contributed by atoms with Crippen LogP contribution in [0, 0.1) is 6.92 Å². The van der Waals surface area contributed by atoms with Gasteiger partial charge < -0.3 is 20.6 Å². The van der Waals surface area contributed by atoms with E-state index in [1.165, 1.54) is 76.4 Å². The maximum absolute atomic E-state index is 6.19. The molecule has 186 valence electrons. The van der Waals surface area contributed by atoms with Crippen LogP contribution in [-0.4, -0.2) is 41.0 Å². The molecule has 4 heteroatoms. The van der Waals surface area contributed by atoms with Crippen molar-refractivity contribution in [2.45, 2.75) is 76.2 Å². The number of aromatic amines is 2. The average Bonchev–Trinajstić information content (AvgIpc) is 3.42. The highest BCUT2D eigenvalue weighted by Gasteiger charge is 2.48. The number of nitrogens with one attached hydrogen (secondary N) is 2. The standard InChI is InChI=1S/C31H42N4/c1-5-6-16-30(35(3)4)17-19-31(20-18-30,28-22(2)23-11-7-9-13-26(23)33-28)29-25(15-21-32)24-12-8-10-14-27(24)34-29/h7-14,33-34H,5-6,15-21,32H2,1-4H3. The van der Waals surface area contributed by atoms with Crippen molar-refractivity contribution in [1.82, 2.24) is 14.9 Å². The van der Waals surface area contributed by atoms with Crippen LogP contribution < -0.4 is 5.73 Å². The largest absolute Gasteiger partial charge is 0.357 e. The number of hydrogen-bond donors (Lipinski definition) is 3. The number of aryl methyl sites for hydroxylation is 1. The first-order valence-corrected chi connectivity index (χ1v) is 13.5. The van der Waals surface area contributed by atoms with Crippen LogP contribution in [0.2, 0.25) is 0 Å². The van der Waals surface area contributed by atoms with Gasteiger partial charge >= 0.3 is 0 Å². The number of H-pyrrole nitrogens is 2. The van der Waals surface area contributed by atoms with Gasteiger partial charge in [-0.3, -0.25) is 0 Å². The van der Waals surface area contributed by atoms with Crippen molar-refractivity contribution in [3.8, 4) is 0 Å². The van der Waals surface area contributed by atoms with E-state index in [-0.39, 0.29) is 11.0 Å². The second kappa shape index (κ2) is 9.48. The minimum absolute atomic E-state index is 0.0711. The SMILES string of the molecule is CCCCC1(N(C)C)CCC(c2[nH]c3ccccc3c2C)(c2[nH]c3ccccc3c2CCN)CC1. The van der Waals surface area contributed by atoms with Crippen molar-refractivity contribution in [3.05, 3.63) is 71.0 Å². The fourth-order valence-electron chi connectivity index (χ4n) is 6.97. The molecule has 0 spiro atoms. The van der Waals surface area contributed by atoms with Gasteiger partial charge in [-0.25, -0.2) is 0 Å². The molecule has 2 aromatic carbocycles. The highest BCUT2D eigenvalue weighted by atomic mass is 15.1. The van der Waals surface area contributed by atoms with E-state index >= 15 is 0 Å². The Labute approximate surface area is 210 Å². The molecule has 1 saturated carbocycles. The third-order valence-electron chi connectivity index (χ3n) is 9.11. The van der Waals surface area contributed by atoms with Crippen molar-refractivity contribution in [2.75, 3.05) is 20.6 Å². The smallest absolute Gasteiger partial charge is 0.0511 e. The Kier molecular flexibility index (Phi) is 6.54. The van der Waals surface area contributed by atoms with E-state index in [4.69, 9.17) is 5.73 Å². The van der Waals surface area contributed by atoms with Gasteiger partial charge in [-0.05, 0) is 89.3 Å². The summed E-state index contributed by atoms with van der Waals surface area (Å²) in [6, 6.07) is 17.6. The Morgan fingerprint density at radius 2 is 1.46 bits per heavy atom. The minimum Gasteiger partial charge on any atom is -0.357 e. The fourth-order valence-corrected chi connectivity index (χ4v) is 6.97. The Morgan fingerprint density at radius 1 is 0.857 bits per heavy atom. The minimum atomic E-state index is -0.0711. The number of unbranched alkanes of at least 4 members (excludes halogenated alkanes) is 1. The summed E-state index contributed by atoms with van der Waals surface area (Å²) in [7, 11) is 4.58. The predicted molar refractivity (Wildman–Crippen MR) is 149 cm³/mol. The Hall–Kier alpha value is -2.56. The summed E-state index contributed by atoms with van der Waals surface area (Å²) in [6.45, 7) is 5.29. The molecule has 0 radical (unpaired) electrons. The molecule has 35 heavy (non-hydrogen) atoms. The molecule has 2 aromatic heterocycles.